The molecule has 1 aliphatic heterocycles. The fourth-order valence-electron chi connectivity index (χ4n) is 2.16. The number of carbonyl (C=O) groups is 1. The predicted octanol–water partition coefficient (Wildman–Crippen LogP) is 3.48. The highest BCUT2D eigenvalue weighted by Crippen LogP contribution is 2.32. The summed E-state index contributed by atoms with van der Waals surface area (Å²) in [5.74, 6) is 1.45. The molecule has 1 amide bonds. The second-order valence-electron chi connectivity index (χ2n) is 4.84. The number of fused-ring (bicyclic) bond motifs is 1. The predicted molar refractivity (Wildman–Crippen MR) is 83.3 cm³/mol. The van der Waals surface area contributed by atoms with Crippen molar-refractivity contribution in [3.63, 3.8) is 0 Å². The van der Waals surface area contributed by atoms with E-state index >= 15 is 0 Å². The molecule has 0 fully saturated rings. The van der Waals surface area contributed by atoms with Crippen molar-refractivity contribution in [1.82, 2.24) is 0 Å². The molecule has 5 heteroatoms. The van der Waals surface area contributed by atoms with Crippen LogP contribution in [-0.2, 0) is 11.2 Å². The van der Waals surface area contributed by atoms with Crippen LogP contribution in [0.1, 0.15) is 17.7 Å². The highest BCUT2D eigenvalue weighted by Gasteiger charge is 2.12. The maximum absolute atomic E-state index is 12.0. The normalized spacial score (nSPS) is 13.5. The number of ether oxygens (including phenoxy) is 2. The third-order valence-electron chi connectivity index (χ3n) is 3.21. The summed E-state index contributed by atoms with van der Waals surface area (Å²) in [5.41, 5.74) is 0.746. The van der Waals surface area contributed by atoms with Crippen molar-refractivity contribution in [2.45, 2.75) is 19.3 Å². The van der Waals surface area contributed by atoms with Crippen molar-refractivity contribution in [2.75, 3.05) is 18.5 Å². The zero-order valence-corrected chi connectivity index (χ0v) is 12.4. The molecule has 0 spiro atoms. The van der Waals surface area contributed by atoms with Gasteiger partial charge in [-0.15, -0.1) is 11.3 Å². The fraction of sp³-hybridized carbons (Fsp3) is 0.312. The highest BCUT2D eigenvalue weighted by molar-refractivity contribution is 7.09. The Balaban J connectivity index is 1.59. The molecule has 1 aromatic heterocycles. The number of anilines is 1. The average Bonchev–Trinajstić information content (AvgIpc) is 2.90. The number of nitrogens with one attached hydrogen (secondary N) is 1. The number of carbonyl (C=O) groups excluding carboxylic acids is 1. The van der Waals surface area contributed by atoms with Gasteiger partial charge in [0.2, 0.25) is 5.91 Å². The second kappa shape index (κ2) is 6.63. The molecule has 2 heterocycles. The van der Waals surface area contributed by atoms with E-state index in [9.17, 15) is 4.79 Å². The Hall–Kier alpha value is -2.01. The van der Waals surface area contributed by atoms with E-state index in [0.717, 1.165) is 24.3 Å². The van der Waals surface area contributed by atoms with Gasteiger partial charge >= 0.3 is 0 Å². The van der Waals surface area contributed by atoms with Crippen molar-refractivity contribution >= 4 is 22.9 Å². The van der Waals surface area contributed by atoms with Gasteiger partial charge in [0.05, 0.1) is 13.2 Å². The van der Waals surface area contributed by atoms with Crippen LogP contribution in [0, 0.1) is 0 Å². The van der Waals surface area contributed by atoms with Crippen LogP contribution >= 0.6 is 11.3 Å². The van der Waals surface area contributed by atoms with Gasteiger partial charge in [0.15, 0.2) is 11.5 Å². The molecular formula is C16H17NO3S. The summed E-state index contributed by atoms with van der Waals surface area (Å²) in [6.45, 7) is 1.31. The Morgan fingerprint density at radius 3 is 2.86 bits per heavy atom. The van der Waals surface area contributed by atoms with Crippen LogP contribution < -0.4 is 14.8 Å². The van der Waals surface area contributed by atoms with Gasteiger partial charge in [0.25, 0.3) is 0 Å². The van der Waals surface area contributed by atoms with Gasteiger partial charge in [0.1, 0.15) is 0 Å². The average molecular weight is 303 g/mol. The lowest BCUT2D eigenvalue weighted by Gasteiger charge is -2.10. The number of hydrogen-bond acceptors (Lipinski definition) is 4. The molecule has 0 saturated carbocycles. The lowest BCUT2D eigenvalue weighted by atomic mass is 10.2. The molecule has 0 radical (unpaired) electrons. The lowest BCUT2D eigenvalue weighted by Crippen LogP contribution is -2.12. The maximum Gasteiger partial charge on any atom is 0.224 e. The van der Waals surface area contributed by atoms with Gasteiger partial charge in [-0.3, -0.25) is 4.79 Å². The first kappa shape index (κ1) is 13.9. The molecule has 1 aliphatic rings. The van der Waals surface area contributed by atoms with E-state index in [1.165, 1.54) is 4.88 Å². The van der Waals surface area contributed by atoms with Crippen molar-refractivity contribution in [1.29, 1.82) is 0 Å². The zero-order chi connectivity index (χ0) is 14.5. The minimum atomic E-state index is 0.0119. The summed E-state index contributed by atoms with van der Waals surface area (Å²) >= 11 is 1.68. The van der Waals surface area contributed by atoms with Crippen molar-refractivity contribution < 1.29 is 14.3 Å². The topological polar surface area (TPSA) is 47.6 Å². The Morgan fingerprint density at radius 2 is 2.05 bits per heavy atom. The molecular weight excluding hydrogens is 286 g/mol. The van der Waals surface area contributed by atoms with Crippen LogP contribution in [0.5, 0.6) is 11.5 Å². The largest absolute Gasteiger partial charge is 0.490 e. The molecule has 3 rings (SSSR count). The minimum absolute atomic E-state index is 0.0119. The maximum atomic E-state index is 12.0. The van der Waals surface area contributed by atoms with E-state index in [1.54, 1.807) is 11.3 Å². The number of benzene rings is 1. The van der Waals surface area contributed by atoms with Crippen LogP contribution in [0.25, 0.3) is 0 Å². The fourth-order valence-corrected chi connectivity index (χ4v) is 2.87. The second-order valence-corrected chi connectivity index (χ2v) is 5.87. The molecule has 0 saturated heterocycles. The van der Waals surface area contributed by atoms with E-state index in [2.05, 4.69) is 5.32 Å². The van der Waals surface area contributed by atoms with Crippen LogP contribution in [0.2, 0.25) is 0 Å². The Labute approximate surface area is 127 Å². The molecule has 0 atom stereocenters. The minimum Gasteiger partial charge on any atom is -0.490 e. The molecule has 21 heavy (non-hydrogen) atoms. The monoisotopic (exact) mass is 303 g/mol. The number of rotatable bonds is 4. The third-order valence-corrected chi connectivity index (χ3v) is 4.15. The Bertz CT molecular complexity index is 610. The highest BCUT2D eigenvalue weighted by atomic mass is 32.1. The number of aryl methyl sites for hydroxylation is 1. The number of hydrogen-bond donors (Lipinski definition) is 1. The zero-order valence-electron chi connectivity index (χ0n) is 11.6. The first-order chi connectivity index (χ1) is 10.3. The van der Waals surface area contributed by atoms with Crippen molar-refractivity contribution in [2.24, 2.45) is 0 Å². The summed E-state index contributed by atoms with van der Waals surface area (Å²) in [6, 6.07) is 9.56. The molecule has 0 aliphatic carbocycles. The van der Waals surface area contributed by atoms with Crippen LogP contribution in [-0.4, -0.2) is 19.1 Å². The molecule has 1 N–H and O–H groups in total. The van der Waals surface area contributed by atoms with Crippen LogP contribution in [0.4, 0.5) is 5.69 Å². The van der Waals surface area contributed by atoms with E-state index in [-0.39, 0.29) is 5.91 Å². The van der Waals surface area contributed by atoms with Gasteiger partial charge in [-0.2, -0.15) is 0 Å². The number of thiophene rings is 1. The van der Waals surface area contributed by atoms with E-state index in [1.807, 2.05) is 35.7 Å². The SMILES string of the molecule is O=C(CCc1cccs1)Nc1ccc2c(c1)OCCCO2. The molecule has 0 unspecified atom stereocenters. The van der Waals surface area contributed by atoms with Gasteiger partial charge < -0.3 is 14.8 Å². The molecule has 4 nitrogen and oxygen atoms in total. The lowest BCUT2D eigenvalue weighted by molar-refractivity contribution is -0.116. The smallest absolute Gasteiger partial charge is 0.224 e. The third kappa shape index (κ3) is 3.76. The number of amides is 1. The van der Waals surface area contributed by atoms with E-state index < -0.39 is 0 Å². The van der Waals surface area contributed by atoms with Crippen LogP contribution in [0.15, 0.2) is 35.7 Å². The summed E-state index contributed by atoms with van der Waals surface area (Å²) in [5, 5.41) is 4.93. The molecule has 0 bridgehead atoms. The summed E-state index contributed by atoms with van der Waals surface area (Å²) in [4.78, 5) is 13.2. The van der Waals surface area contributed by atoms with Crippen molar-refractivity contribution in [3.05, 3.63) is 40.6 Å². The van der Waals surface area contributed by atoms with Crippen LogP contribution in [0.3, 0.4) is 0 Å². The summed E-state index contributed by atoms with van der Waals surface area (Å²) < 4.78 is 11.2. The van der Waals surface area contributed by atoms with Gasteiger partial charge in [-0.05, 0) is 30.0 Å². The quantitative estimate of drug-likeness (QED) is 0.940. The van der Waals surface area contributed by atoms with E-state index in [4.69, 9.17) is 9.47 Å². The molecule has 1 aromatic carbocycles. The Kier molecular flexibility index (Phi) is 4.40. The summed E-state index contributed by atoms with van der Waals surface area (Å²) in [6.07, 6.45) is 2.13. The summed E-state index contributed by atoms with van der Waals surface area (Å²) in [7, 11) is 0. The first-order valence-corrected chi connectivity index (χ1v) is 7.91. The van der Waals surface area contributed by atoms with E-state index in [0.29, 0.717) is 25.4 Å². The van der Waals surface area contributed by atoms with Gasteiger partial charge in [-0.1, -0.05) is 6.07 Å². The first-order valence-electron chi connectivity index (χ1n) is 7.03. The van der Waals surface area contributed by atoms with Gasteiger partial charge in [0, 0.05) is 29.5 Å². The van der Waals surface area contributed by atoms with Gasteiger partial charge in [-0.25, -0.2) is 0 Å². The standard InChI is InChI=1S/C16H17NO3S/c18-16(7-5-13-3-1-10-21-13)17-12-4-6-14-15(11-12)20-9-2-8-19-14/h1,3-4,6,10-11H,2,5,7-9H2,(H,17,18). The molecule has 2 aromatic rings. The van der Waals surface area contributed by atoms with Crippen molar-refractivity contribution in [3.8, 4) is 11.5 Å². The molecule has 110 valence electrons. The Morgan fingerprint density at radius 1 is 1.19 bits per heavy atom.